The largest absolute Gasteiger partial charge is 0.481 e. The minimum absolute atomic E-state index is 0.129. The van der Waals surface area contributed by atoms with Gasteiger partial charge < -0.3 is 16.2 Å². The highest BCUT2D eigenvalue weighted by molar-refractivity contribution is 5.79. The van der Waals surface area contributed by atoms with Crippen LogP contribution in [0.2, 0.25) is 0 Å². The molecule has 1 rings (SSSR count). The minimum Gasteiger partial charge on any atom is -0.481 e. The third kappa shape index (κ3) is 5.12. The van der Waals surface area contributed by atoms with Crippen LogP contribution in [0.15, 0.2) is 0 Å². The van der Waals surface area contributed by atoms with Crippen molar-refractivity contribution in [3.8, 4) is 0 Å². The second kappa shape index (κ2) is 8.25. The molecule has 1 fully saturated rings. The fraction of sp³-hybridized carbons (Fsp3) is 0.867. The van der Waals surface area contributed by atoms with Crippen LogP contribution in [0.4, 0.5) is 0 Å². The standard InChI is InChI=1S/C15H28N2O3/c1-2-7-12(16)10-13(18)17-11-15(14(19)20)8-5-3-4-6-9-15/h12H,2-11,16H2,1H3,(H,17,18)(H,19,20). The molecule has 1 aliphatic rings. The van der Waals surface area contributed by atoms with Gasteiger partial charge in [0.15, 0.2) is 0 Å². The number of nitrogens with two attached hydrogens (primary N) is 1. The number of carboxylic acids is 1. The van der Waals surface area contributed by atoms with Crippen LogP contribution >= 0.6 is 0 Å². The molecule has 0 bridgehead atoms. The number of carbonyl (C=O) groups excluding carboxylic acids is 1. The lowest BCUT2D eigenvalue weighted by atomic mass is 9.80. The van der Waals surface area contributed by atoms with E-state index in [2.05, 4.69) is 5.32 Å². The van der Waals surface area contributed by atoms with Crippen molar-refractivity contribution in [2.45, 2.75) is 70.8 Å². The van der Waals surface area contributed by atoms with Crippen LogP contribution in [0.3, 0.4) is 0 Å². The van der Waals surface area contributed by atoms with Crippen molar-refractivity contribution in [1.29, 1.82) is 0 Å². The van der Waals surface area contributed by atoms with Crippen LogP contribution in [-0.2, 0) is 9.59 Å². The Hall–Kier alpha value is -1.10. The molecule has 116 valence electrons. The molecule has 0 saturated heterocycles. The maximum Gasteiger partial charge on any atom is 0.311 e. The zero-order valence-electron chi connectivity index (χ0n) is 12.5. The van der Waals surface area contributed by atoms with Gasteiger partial charge in [-0.2, -0.15) is 0 Å². The van der Waals surface area contributed by atoms with Crippen molar-refractivity contribution in [3.63, 3.8) is 0 Å². The summed E-state index contributed by atoms with van der Waals surface area (Å²) in [5.41, 5.74) is 5.06. The number of nitrogens with one attached hydrogen (secondary N) is 1. The highest BCUT2D eigenvalue weighted by Gasteiger charge is 2.38. The van der Waals surface area contributed by atoms with Gasteiger partial charge in [-0.1, -0.05) is 39.0 Å². The van der Waals surface area contributed by atoms with E-state index in [1.165, 1.54) is 0 Å². The first-order chi connectivity index (χ1) is 9.50. The Labute approximate surface area is 121 Å². The summed E-state index contributed by atoms with van der Waals surface area (Å²) in [6.45, 7) is 2.27. The summed E-state index contributed by atoms with van der Waals surface area (Å²) < 4.78 is 0. The monoisotopic (exact) mass is 284 g/mol. The predicted molar refractivity (Wildman–Crippen MR) is 78.3 cm³/mol. The number of carboxylic acid groups (broad SMARTS) is 1. The molecule has 0 aromatic rings. The molecule has 0 heterocycles. The van der Waals surface area contributed by atoms with Gasteiger partial charge in [-0.15, -0.1) is 0 Å². The van der Waals surface area contributed by atoms with Crippen molar-refractivity contribution in [1.82, 2.24) is 5.32 Å². The summed E-state index contributed by atoms with van der Waals surface area (Å²) in [7, 11) is 0. The van der Waals surface area contributed by atoms with Gasteiger partial charge in [0.1, 0.15) is 0 Å². The number of carbonyl (C=O) groups is 2. The van der Waals surface area contributed by atoms with Crippen molar-refractivity contribution in [2.24, 2.45) is 11.1 Å². The lowest BCUT2D eigenvalue weighted by Crippen LogP contribution is -2.44. The first-order valence-electron chi connectivity index (χ1n) is 7.76. The van der Waals surface area contributed by atoms with E-state index in [0.29, 0.717) is 12.8 Å². The Morgan fingerprint density at radius 2 is 1.85 bits per heavy atom. The Bertz CT molecular complexity index is 323. The van der Waals surface area contributed by atoms with Crippen LogP contribution in [0.25, 0.3) is 0 Å². The quantitative estimate of drug-likeness (QED) is 0.624. The van der Waals surface area contributed by atoms with Gasteiger partial charge in [-0.05, 0) is 19.3 Å². The number of amides is 1. The van der Waals surface area contributed by atoms with Gasteiger partial charge in [0.05, 0.1) is 5.41 Å². The predicted octanol–water partition coefficient (Wildman–Crippen LogP) is 2.05. The van der Waals surface area contributed by atoms with Gasteiger partial charge in [0.2, 0.25) is 5.91 Å². The van der Waals surface area contributed by atoms with Gasteiger partial charge in [-0.3, -0.25) is 9.59 Å². The van der Waals surface area contributed by atoms with Crippen LogP contribution in [0.5, 0.6) is 0 Å². The third-order valence-corrected chi connectivity index (χ3v) is 4.25. The van der Waals surface area contributed by atoms with Crippen molar-refractivity contribution in [3.05, 3.63) is 0 Å². The first kappa shape index (κ1) is 17.0. The molecule has 0 aromatic carbocycles. The number of hydrogen-bond acceptors (Lipinski definition) is 3. The van der Waals surface area contributed by atoms with E-state index in [1.807, 2.05) is 6.92 Å². The molecule has 5 nitrogen and oxygen atoms in total. The van der Waals surface area contributed by atoms with Crippen LogP contribution in [0.1, 0.15) is 64.7 Å². The molecule has 0 radical (unpaired) electrons. The molecule has 0 aliphatic heterocycles. The topological polar surface area (TPSA) is 92.4 Å². The average Bonchev–Trinajstić information content (AvgIpc) is 2.63. The van der Waals surface area contributed by atoms with E-state index >= 15 is 0 Å². The maximum atomic E-state index is 11.8. The van der Waals surface area contributed by atoms with Crippen LogP contribution in [0, 0.1) is 5.41 Å². The molecule has 0 spiro atoms. The van der Waals surface area contributed by atoms with E-state index < -0.39 is 11.4 Å². The van der Waals surface area contributed by atoms with E-state index in [4.69, 9.17) is 5.73 Å². The summed E-state index contributed by atoms with van der Waals surface area (Å²) >= 11 is 0. The fourth-order valence-electron chi connectivity index (χ4n) is 2.92. The van der Waals surface area contributed by atoms with E-state index in [1.54, 1.807) is 0 Å². The van der Waals surface area contributed by atoms with Crippen LogP contribution < -0.4 is 11.1 Å². The molecular weight excluding hydrogens is 256 g/mol. The maximum absolute atomic E-state index is 11.8. The summed E-state index contributed by atoms with van der Waals surface area (Å²) in [5.74, 6) is -0.909. The zero-order chi connectivity index (χ0) is 15.0. The zero-order valence-corrected chi connectivity index (χ0v) is 12.5. The Morgan fingerprint density at radius 3 is 2.35 bits per heavy atom. The Balaban J connectivity index is 2.50. The molecule has 5 heteroatoms. The van der Waals surface area contributed by atoms with Gasteiger partial charge in [0.25, 0.3) is 0 Å². The van der Waals surface area contributed by atoms with Gasteiger partial charge in [-0.25, -0.2) is 0 Å². The second-order valence-electron chi connectivity index (χ2n) is 6.03. The fourth-order valence-corrected chi connectivity index (χ4v) is 2.92. The molecule has 1 unspecified atom stereocenters. The smallest absolute Gasteiger partial charge is 0.311 e. The van der Waals surface area contributed by atoms with Crippen molar-refractivity contribution >= 4 is 11.9 Å². The lowest BCUT2D eigenvalue weighted by Gasteiger charge is -2.28. The molecule has 1 amide bonds. The molecule has 1 atom stereocenters. The summed E-state index contributed by atoms with van der Waals surface area (Å²) in [4.78, 5) is 23.4. The highest BCUT2D eigenvalue weighted by Crippen LogP contribution is 2.34. The van der Waals surface area contributed by atoms with E-state index in [0.717, 1.165) is 38.5 Å². The molecule has 0 aromatic heterocycles. The van der Waals surface area contributed by atoms with Crippen molar-refractivity contribution < 1.29 is 14.7 Å². The SMILES string of the molecule is CCCC(N)CC(=O)NCC1(C(=O)O)CCCCCC1. The molecule has 1 aliphatic carbocycles. The number of aliphatic carboxylic acids is 1. The van der Waals surface area contributed by atoms with E-state index in [-0.39, 0.29) is 24.9 Å². The second-order valence-corrected chi connectivity index (χ2v) is 6.03. The van der Waals surface area contributed by atoms with Gasteiger partial charge >= 0.3 is 5.97 Å². The Morgan fingerprint density at radius 1 is 1.25 bits per heavy atom. The highest BCUT2D eigenvalue weighted by atomic mass is 16.4. The molecule has 20 heavy (non-hydrogen) atoms. The third-order valence-electron chi connectivity index (χ3n) is 4.25. The normalized spacial score (nSPS) is 19.9. The molecule has 1 saturated carbocycles. The summed E-state index contributed by atoms with van der Waals surface area (Å²) in [6.07, 6.45) is 7.39. The Kier molecular flexibility index (Phi) is 6.99. The molecule has 4 N–H and O–H groups in total. The first-order valence-corrected chi connectivity index (χ1v) is 7.76. The van der Waals surface area contributed by atoms with Gasteiger partial charge in [0, 0.05) is 19.0 Å². The van der Waals surface area contributed by atoms with Crippen LogP contribution in [-0.4, -0.2) is 29.6 Å². The summed E-state index contributed by atoms with van der Waals surface area (Å²) in [5, 5.41) is 12.3. The lowest BCUT2D eigenvalue weighted by molar-refractivity contribution is -0.149. The average molecular weight is 284 g/mol. The van der Waals surface area contributed by atoms with E-state index in [9.17, 15) is 14.7 Å². The number of rotatable bonds is 7. The molecular formula is C15H28N2O3. The minimum atomic E-state index is -0.780. The van der Waals surface area contributed by atoms with Crippen molar-refractivity contribution in [2.75, 3.05) is 6.54 Å². The number of hydrogen-bond donors (Lipinski definition) is 3. The summed E-state index contributed by atoms with van der Waals surface area (Å²) in [6, 6.07) is -0.130.